The molecule has 4 nitrogen and oxygen atoms in total. The Labute approximate surface area is 128 Å². The van der Waals surface area contributed by atoms with Crippen molar-refractivity contribution >= 4 is 0 Å². The molecule has 5 aliphatic rings. The van der Waals surface area contributed by atoms with E-state index in [9.17, 15) is 8.78 Å². The zero-order valence-corrected chi connectivity index (χ0v) is 12.5. The smallest absolute Gasteiger partial charge is 0.262 e. The molecule has 1 N–H and O–H groups in total. The zero-order valence-electron chi connectivity index (χ0n) is 12.5. The van der Waals surface area contributed by atoms with Crippen LogP contribution in [-0.2, 0) is 5.41 Å². The van der Waals surface area contributed by atoms with Crippen molar-refractivity contribution in [3.63, 3.8) is 0 Å². The van der Waals surface area contributed by atoms with Crippen LogP contribution in [0.1, 0.15) is 62.7 Å². The van der Waals surface area contributed by atoms with Crippen LogP contribution in [0.25, 0.3) is 0 Å². The Hall–Kier alpha value is -1.04. The normalized spacial score (nSPS) is 45.5. The molecule has 1 unspecified atom stereocenters. The minimum atomic E-state index is -2.67. The molecule has 4 saturated carbocycles. The second-order valence-corrected chi connectivity index (χ2v) is 8.15. The molecule has 1 aromatic heterocycles. The Morgan fingerprint density at radius 3 is 2.18 bits per heavy atom. The Morgan fingerprint density at radius 2 is 1.64 bits per heavy atom. The van der Waals surface area contributed by atoms with Crippen LogP contribution in [0.5, 0.6) is 0 Å². The van der Waals surface area contributed by atoms with Crippen molar-refractivity contribution in [2.75, 3.05) is 6.54 Å². The average molecular weight is 309 g/mol. The summed E-state index contributed by atoms with van der Waals surface area (Å²) in [4.78, 5) is 4.57. The minimum absolute atomic E-state index is 0.0671. The summed E-state index contributed by atoms with van der Waals surface area (Å²) in [7, 11) is 0. The summed E-state index contributed by atoms with van der Waals surface area (Å²) in [5, 5.41) is 7.03. The van der Waals surface area contributed by atoms with Gasteiger partial charge in [-0.3, -0.25) is 5.32 Å². The fraction of sp³-hybridized carbons (Fsp3) is 0.875. The van der Waals surface area contributed by atoms with Crippen molar-refractivity contribution < 1.29 is 13.3 Å². The average Bonchev–Trinajstić information content (AvgIpc) is 3.03. The van der Waals surface area contributed by atoms with E-state index < -0.39 is 12.0 Å². The third kappa shape index (κ3) is 1.95. The van der Waals surface area contributed by atoms with Gasteiger partial charge in [-0.05, 0) is 56.3 Å². The van der Waals surface area contributed by atoms with Crippen molar-refractivity contribution in [2.24, 2.45) is 17.8 Å². The molecule has 120 valence electrons. The lowest BCUT2D eigenvalue weighted by Crippen LogP contribution is -2.49. The summed E-state index contributed by atoms with van der Waals surface area (Å²) in [5.41, 5.74) is 0.0671. The van der Waals surface area contributed by atoms with E-state index in [0.717, 1.165) is 42.8 Å². The predicted octanol–water partition coefficient (Wildman–Crippen LogP) is 3.21. The number of nitrogens with one attached hydrogen (secondary N) is 1. The highest BCUT2D eigenvalue weighted by Gasteiger charge is 2.54. The Bertz CT molecular complexity index is 565. The first-order valence-electron chi connectivity index (χ1n) is 8.47. The maximum atomic E-state index is 13.3. The summed E-state index contributed by atoms with van der Waals surface area (Å²) in [6.07, 6.45) is 7.32. The molecule has 0 aromatic carbocycles. The van der Waals surface area contributed by atoms with Gasteiger partial charge in [0.15, 0.2) is 5.82 Å². The van der Waals surface area contributed by atoms with Crippen molar-refractivity contribution in [2.45, 2.75) is 62.3 Å². The highest BCUT2D eigenvalue weighted by atomic mass is 19.3. The summed E-state index contributed by atoms with van der Waals surface area (Å²) in [5.74, 6) is 0.896. The van der Waals surface area contributed by atoms with Crippen LogP contribution in [0.3, 0.4) is 0 Å². The van der Waals surface area contributed by atoms with E-state index >= 15 is 0 Å². The van der Waals surface area contributed by atoms with Crippen LogP contribution in [0.2, 0.25) is 0 Å². The lowest BCUT2D eigenvalue weighted by molar-refractivity contribution is -0.0103. The van der Waals surface area contributed by atoms with Gasteiger partial charge in [-0.1, -0.05) is 5.16 Å². The Morgan fingerprint density at radius 1 is 1.00 bits per heavy atom. The third-order valence-corrected chi connectivity index (χ3v) is 6.36. The second-order valence-electron chi connectivity index (χ2n) is 8.15. The van der Waals surface area contributed by atoms with Gasteiger partial charge in [0.1, 0.15) is 0 Å². The van der Waals surface area contributed by atoms with Gasteiger partial charge in [-0.2, -0.15) is 4.98 Å². The van der Waals surface area contributed by atoms with E-state index in [1.54, 1.807) is 0 Å². The second kappa shape index (κ2) is 4.28. The van der Waals surface area contributed by atoms with Gasteiger partial charge in [-0.25, -0.2) is 8.78 Å². The molecule has 6 heteroatoms. The number of hydrogen-bond acceptors (Lipinski definition) is 4. The van der Waals surface area contributed by atoms with E-state index in [2.05, 4.69) is 15.5 Å². The first-order valence-corrected chi connectivity index (χ1v) is 8.47. The molecule has 0 amide bonds. The highest BCUT2D eigenvalue weighted by molar-refractivity contribution is 5.17. The van der Waals surface area contributed by atoms with Crippen LogP contribution in [-0.4, -0.2) is 22.6 Å². The largest absolute Gasteiger partial charge is 0.338 e. The zero-order chi connectivity index (χ0) is 14.9. The minimum Gasteiger partial charge on any atom is -0.338 e. The third-order valence-electron chi connectivity index (χ3n) is 6.36. The van der Waals surface area contributed by atoms with Crippen molar-refractivity contribution in [3.05, 3.63) is 11.7 Å². The van der Waals surface area contributed by atoms with Crippen LogP contribution >= 0.6 is 0 Å². The number of hydrogen-bond donors (Lipinski definition) is 1. The molecule has 1 atom stereocenters. The number of nitrogens with zero attached hydrogens (tertiary/aromatic N) is 2. The molecule has 4 bridgehead atoms. The molecule has 0 spiro atoms. The van der Waals surface area contributed by atoms with Gasteiger partial charge in [-0.15, -0.1) is 0 Å². The first kappa shape index (κ1) is 13.4. The lowest BCUT2D eigenvalue weighted by atomic mass is 9.49. The number of halogens is 2. The van der Waals surface area contributed by atoms with E-state index in [1.807, 2.05) is 0 Å². The van der Waals surface area contributed by atoms with Gasteiger partial charge < -0.3 is 4.52 Å². The Kier molecular flexibility index (Phi) is 2.61. The fourth-order valence-electron chi connectivity index (χ4n) is 5.87. The molecular weight excluding hydrogens is 288 g/mol. The van der Waals surface area contributed by atoms with Gasteiger partial charge >= 0.3 is 0 Å². The van der Waals surface area contributed by atoms with Crippen LogP contribution < -0.4 is 5.32 Å². The van der Waals surface area contributed by atoms with Crippen LogP contribution in [0.15, 0.2) is 4.52 Å². The van der Waals surface area contributed by atoms with E-state index in [1.165, 1.54) is 19.3 Å². The molecule has 6 rings (SSSR count). The summed E-state index contributed by atoms with van der Waals surface area (Å²) in [6, 6.07) is -0.495. The van der Waals surface area contributed by atoms with E-state index in [0.29, 0.717) is 5.89 Å². The van der Waals surface area contributed by atoms with Crippen molar-refractivity contribution in [1.29, 1.82) is 0 Å². The van der Waals surface area contributed by atoms with Gasteiger partial charge in [0, 0.05) is 11.8 Å². The van der Waals surface area contributed by atoms with Crippen LogP contribution in [0.4, 0.5) is 8.78 Å². The summed E-state index contributed by atoms with van der Waals surface area (Å²) in [6.45, 7) is -0.299. The monoisotopic (exact) mass is 309 g/mol. The van der Waals surface area contributed by atoms with E-state index in [4.69, 9.17) is 4.52 Å². The molecule has 22 heavy (non-hydrogen) atoms. The van der Waals surface area contributed by atoms with E-state index in [-0.39, 0.29) is 18.4 Å². The lowest BCUT2D eigenvalue weighted by Gasteiger charge is -2.55. The van der Waals surface area contributed by atoms with Gasteiger partial charge in [0.2, 0.25) is 5.89 Å². The number of rotatable bonds is 2. The number of alkyl halides is 2. The standard InChI is InChI=1S/C16H21F2N3O/c17-16(18)7-12(19-8-16)13-20-14(21-22-13)15-4-9-1-10(5-15)3-11(2-9)6-15/h9-12,19H,1-8H2. The molecule has 1 aliphatic heterocycles. The first-order chi connectivity index (χ1) is 10.5. The summed E-state index contributed by atoms with van der Waals surface area (Å²) < 4.78 is 32.1. The molecule has 4 aliphatic carbocycles. The highest BCUT2D eigenvalue weighted by Crippen LogP contribution is 2.60. The maximum absolute atomic E-state index is 13.3. The number of aromatic nitrogens is 2. The van der Waals surface area contributed by atoms with Crippen molar-refractivity contribution in [1.82, 2.24) is 15.5 Å². The molecule has 5 fully saturated rings. The topological polar surface area (TPSA) is 51.0 Å². The summed E-state index contributed by atoms with van der Waals surface area (Å²) >= 11 is 0. The van der Waals surface area contributed by atoms with Crippen molar-refractivity contribution in [3.8, 4) is 0 Å². The van der Waals surface area contributed by atoms with Gasteiger partial charge in [0.05, 0.1) is 12.6 Å². The van der Waals surface area contributed by atoms with Gasteiger partial charge in [0.25, 0.3) is 5.92 Å². The molecule has 0 radical (unpaired) electrons. The molecular formula is C16H21F2N3O. The predicted molar refractivity (Wildman–Crippen MR) is 74.5 cm³/mol. The molecule has 2 heterocycles. The SMILES string of the molecule is FC1(F)CNC(c2nc(C34CC5CC(CC(C5)C3)C4)no2)C1. The Balaban J connectivity index is 1.43. The quantitative estimate of drug-likeness (QED) is 0.911. The maximum Gasteiger partial charge on any atom is 0.262 e. The fourth-order valence-corrected chi connectivity index (χ4v) is 5.87. The molecule has 1 saturated heterocycles. The molecule has 1 aromatic rings. The van der Waals surface area contributed by atoms with Crippen LogP contribution in [0, 0.1) is 17.8 Å².